The van der Waals surface area contributed by atoms with Gasteiger partial charge in [0.1, 0.15) is 12.4 Å². The number of carbonyl (C=O) groups excluding carboxylic acids is 2. The number of nitrogens with one attached hydrogen (secondary N) is 1. The number of nitrogens with zero attached hydrogens (tertiary/aromatic N) is 1. The van der Waals surface area contributed by atoms with E-state index in [1.54, 1.807) is 37.5 Å². The molecule has 0 saturated carbocycles. The Labute approximate surface area is 164 Å². The summed E-state index contributed by atoms with van der Waals surface area (Å²) in [4.78, 5) is 27.6. The minimum atomic E-state index is -0.0938. The number of rotatable bonds is 6. The van der Waals surface area contributed by atoms with Crippen LogP contribution in [0.2, 0.25) is 0 Å². The van der Waals surface area contributed by atoms with Gasteiger partial charge in [0.05, 0.1) is 5.69 Å². The summed E-state index contributed by atoms with van der Waals surface area (Å²) in [7, 11) is 1.62. The van der Waals surface area contributed by atoms with E-state index in [9.17, 15) is 9.59 Å². The predicted octanol–water partition coefficient (Wildman–Crippen LogP) is 4.20. The average molecular weight is 374 g/mol. The van der Waals surface area contributed by atoms with Gasteiger partial charge in [-0.1, -0.05) is 12.1 Å². The fourth-order valence-electron chi connectivity index (χ4n) is 2.91. The molecule has 142 valence electrons. The molecule has 0 spiro atoms. The number of hydrogen-bond acceptors (Lipinski definition) is 4. The Morgan fingerprint density at radius 3 is 2.36 bits per heavy atom. The lowest BCUT2D eigenvalue weighted by atomic mass is 9.99. The Bertz CT molecular complexity index is 1010. The van der Waals surface area contributed by atoms with Crippen LogP contribution in [0.15, 0.2) is 60.8 Å². The van der Waals surface area contributed by atoms with Crippen LogP contribution in [0.1, 0.15) is 38.9 Å². The Morgan fingerprint density at radius 1 is 1.00 bits per heavy atom. The third kappa shape index (κ3) is 4.43. The molecular weight excluding hydrogens is 352 g/mol. The number of ether oxygens (including phenoxy) is 1. The molecule has 0 fully saturated rings. The number of pyridine rings is 1. The Balaban J connectivity index is 1.74. The molecule has 0 atom stereocenters. The minimum absolute atomic E-state index is 0.0265. The lowest BCUT2D eigenvalue weighted by Crippen LogP contribution is -2.18. The average Bonchev–Trinajstić information content (AvgIpc) is 2.72. The van der Waals surface area contributed by atoms with Gasteiger partial charge >= 0.3 is 0 Å². The van der Waals surface area contributed by atoms with Gasteiger partial charge in [-0.05, 0) is 73.0 Å². The summed E-state index contributed by atoms with van der Waals surface area (Å²) in [5, 5.41) is 2.65. The van der Waals surface area contributed by atoms with Crippen molar-refractivity contribution >= 4 is 11.7 Å². The van der Waals surface area contributed by atoms with Crippen LogP contribution in [0.3, 0.4) is 0 Å². The first-order valence-corrected chi connectivity index (χ1v) is 9.00. The molecule has 3 rings (SSSR count). The highest BCUT2D eigenvalue weighted by molar-refractivity contribution is 5.96. The summed E-state index contributed by atoms with van der Waals surface area (Å²) in [6.45, 7) is 3.78. The van der Waals surface area contributed by atoms with Crippen molar-refractivity contribution in [2.45, 2.75) is 20.5 Å². The Hall–Kier alpha value is -3.47. The first-order chi connectivity index (χ1) is 13.5. The molecule has 0 saturated heterocycles. The van der Waals surface area contributed by atoms with Gasteiger partial charge in [-0.3, -0.25) is 14.6 Å². The van der Waals surface area contributed by atoms with Gasteiger partial charge in [0, 0.05) is 24.4 Å². The maximum Gasteiger partial charge on any atom is 0.251 e. The van der Waals surface area contributed by atoms with Gasteiger partial charge in [0.25, 0.3) is 5.91 Å². The second kappa shape index (κ2) is 8.48. The van der Waals surface area contributed by atoms with Crippen LogP contribution in [0, 0.1) is 6.92 Å². The molecule has 0 aliphatic rings. The smallest absolute Gasteiger partial charge is 0.251 e. The number of aryl methyl sites for hydroxylation is 1. The quantitative estimate of drug-likeness (QED) is 0.657. The maximum absolute atomic E-state index is 11.9. The van der Waals surface area contributed by atoms with E-state index in [1.165, 1.54) is 6.92 Å². The lowest BCUT2D eigenvalue weighted by Gasteiger charge is -2.10. The molecule has 0 unspecified atom stereocenters. The molecule has 1 aromatic heterocycles. The largest absolute Gasteiger partial charge is 0.487 e. The normalized spacial score (nSPS) is 10.4. The summed E-state index contributed by atoms with van der Waals surface area (Å²) in [6, 6.07) is 16.7. The first kappa shape index (κ1) is 19.3. The molecule has 28 heavy (non-hydrogen) atoms. The number of Topliss-reactive ketones (excluding diaryl/α,β-unsaturated/α-hetero) is 1. The van der Waals surface area contributed by atoms with Gasteiger partial charge in [0.2, 0.25) is 0 Å². The van der Waals surface area contributed by atoms with Crippen LogP contribution in [-0.2, 0) is 6.61 Å². The topological polar surface area (TPSA) is 68.3 Å². The maximum atomic E-state index is 11.9. The van der Waals surface area contributed by atoms with E-state index >= 15 is 0 Å². The molecule has 1 amide bonds. The van der Waals surface area contributed by atoms with Gasteiger partial charge in [0.15, 0.2) is 5.78 Å². The standard InChI is InChI=1S/C23H22N2O3/c1-15-12-18(6-9-22(15)23(27)24-3)19-10-11-25-20(13-19)14-28-21-7-4-17(5-8-21)16(2)26/h4-13H,14H2,1-3H3,(H,24,27). The van der Waals surface area contributed by atoms with Crippen molar-refractivity contribution in [3.8, 4) is 16.9 Å². The number of benzene rings is 2. The zero-order chi connectivity index (χ0) is 20.1. The van der Waals surface area contributed by atoms with Crippen LogP contribution in [0.5, 0.6) is 5.75 Å². The summed E-state index contributed by atoms with van der Waals surface area (Å²) in [5.41, 5.74) is 5.05. The minimum Gasteiger partial charge on any atom is -0.487 e. The molecule has 2 aromatic carbocycles. The number of aromatic nitrogens is 1. The molecule has 3 aromatic rings. The van der Waals surface area contributed by atoms with Crippen molar-refractivity contribution in [1.29, 1.82) is 0 Å². The Kier molecular flexibility index (Phi) is 5.84. The van der Waals surface area contributed by atoms with Crippen molar-refractivity contribution in [3.05, 3.63) is 83.2 Å². The monoisotopic (exact) mass is 374 g/mol. The predicted molar refractivity (Wildman–Crippen MR) is 109 cm³/mol. The van der Waals surface area contributed by atoms with Crippen molar-refractivity contribution < 1.29 is 14.3 Å². The van der Waals surface area contributed by atoms with E-state index in [0.717, 1.165) is 22.4 Å². The zero-order valence-corrected chi connectivity index (χ0v) is 16.2. The van der Waals surface area contributed by atoms with Crippen molar-refractivity contribution in [3.63, 3.8) is 0 Å². The molecular formula is C23H22N2O3. The summed E-state index contributed by atoms with van der Waals surface area (Å²) < 4.78 is 5.78. The van der Waals surface area contributed by atoms with E-state index in [4.69, 9.17) is 4.74 Å². The second-order valence-electron chi connectivity index (χ2n) is 6.51. The highest BCUT2D eigenvalue weighted by atomic mass is 16.5. The molecule has 1 N–H and O–H groups in total. The van der Waals surface area contributed by atoms with Gasteiger partial charge in [-0.25, -0.2) is 0 Å². The molecule has 5 heteroatoms. The van der Waals surface area contributed by atoms with Gasteiger partial charge < -0.3 is 10.1 Å². The van der Waals surface area contributed by atoms with E-state index in [0.29, 0.717) is 23.5 Å². The fourth-order valence-corrected chi connectivity index (χ4v) is 2.91. The third-order valence-electron chi connectivity index (χ3n) is 4.50. The SMILES string of the molecule is CNC(=O)c1ccc(-c2ccnc(COc3ccc(C(C)=O)cc3)c2)cc1C. The molecule has 5 nitrogen and oxygen atoms in total. The van der Waals surface area contributed by atoms with Crippen LogP contribution >= 0.6 is 0 Å². The Morgan fingerprint density at radius 2 is 1.71 bits per heavy atom. The van der Waals surface area contributed by atoms with E-state index < -0.39 is 0 Å². The van der Waals surface area contributed by atoms with E-state index in [2.05, 4.69) is 10.3 Å². The highest BCUT2D eigenvalue weighted by Gasteiger charge is 2.09. The van der Waals surface area contributed by atoms with Crippen LogP contribution < -0.4 is 10.1 Å². The van der Waals surface area contributed by atoms with Crippen LogP contribution in [0.4, 0.5) is 0 Å². The summed E-state index contributed by atoms with van der Waals surface area (Å²) in [6.07, 6.45) is 1.74. The fraction of sp³-hybridized carbons (Fsp3) is 0.174. The van der Waals surface area contributed by atoms with E-state index in [1.807, 2.05) is 37.3 Å². The number of ketones is 1. The molecule has 0 aliphatic carbocycles. The zero-order valence-electron chi connectivity index (χ0n) is 16.2. The van der Waals surface area contributed by atoms with Crippen LogP contribution in [0.25, 0.3) is 11.1 Å². The molecule has 0 radical (unpaired) electrons. The molecule has 0 aliphatic heterocycles. The second-order valence-corrected chi connectivity index (χ2v) is 6.51. The summed E-state index contributed by atoms with van der Waals surface area (Å²) >= 11 is 0. The lowest BCUT2D eigenvalue weighted by molar-refractivity contribution is 0.0961. The molecule has 0 bridgehead atoms. The van der Waals surface area contributed by atoms with Crippen LogP contribution in [-0.4, -0.2) is 23.7 Å². The van der Waals surface area contributed by atoms with Gasteiger partial charge in [-0.15, -0.1) is 0 Å². The number of amides is 1. The number of carbonyl (C=O) groups is 2. The first-order valence-electron chi connectivity index (χ1n) is 9.00. The highest BCUT2D eigenvalue weighted by Crippen LogP contribution is 2.23. The van der Waals surface area contributed by atoms with Crippen molar-refractivity contribution in [2.75, 3.05) is 7.05 Å². The van der Waals surface area contributed by atoms with Crippen molar-refractivity contribution in [1.82, 2.24) is 10.3 Å². The third-order valence-corrected chi connectivity index (χ3v) is 4.50. The van der Waals surface area contributed by atoms with Gasteiger partial charge in [-0.2, -0.15) is 0 Å². The summed E-state index contributed by atoms with van der Waals surface area (Å²) in [5.74, 6) is 0.616. The number of hydrogen-bond donors (Lipinski definition) is 1. The molecule has 1 heterocycles. The van der Waals surface area contributed by atoms with Crippen molar-refractivity contribution in [2.24, 2.45) is 0 Å². The van der Waals surface area contributed by atoms with E-state index in [-0.39, 0.29) is 11.7 Å².